The first-order valence-corrected chi connectivity index (χ1v) is 7.02. The number of carbonyl (C=O) groups is 1. The lowest BCUT2D eigenvalue weighted by Crippen LogP contribution is -2.08. The van der Waals surface area contributed by atoms with Crippen molar-refractivity contribution in [2.75, 3.05) is 19.1 Å². The van der Waals surface area contributed by atoms with E-state index >= 15 is 0 Å². The predicted octanol–water partition coefficient (Wildman–Crippen LogP) is 1.25. The molecule has 0 heterocycles. The van der Waals surface area contributed by atoms with E-state index in [2.05, 4.69) is 4.74 Å². The Bertz CT molecular complexity index is 554. The molecule has 0 aromatic heterocycles. The summed E-state index contributed by atoms with van der Waals surface area (Å²) < 4.78 is 26.8. The molecule has 0 atom stereocenters. The minimum Gasteiger partial charge on any atom is -0.465 e. The van der Waals surface area contributed by atoms with Gasteiger partial charge >= 0.3 is 5.97 Å². The van der Waals surface area contributed by atoms with Crippen LogP contribution in [-0.4, -0.2) is 27.8 Å². The van der Waals surface area contributed by atoms with Crippen LogP contribution in [0.25, 0.3) is 0 Å². The molecule has 0 amide bonds. The maximum Gasteiger partial charge on any atom is 0.340 e. The van der Waals surface area contributed by atoms with Crippen molar-refractivity contribution in [2.45, 2.75) is 5.75 Å². The van der Waals surface area contributed by atoms with Crippen molar-refractivity contribution in [3.8, 4) is 0 Å². The third-order valence-electron chi connectivity index (χ3n) is 2.04. The number of sulfone groups is 1. The fourth-order valence-corrected chi connectivity index (χ4v) is 2.43. The van der Waals surface area contributed by atoms with E-state index in [-0.39, 0.29) is 22.0 Å². The fourth-order valence-electron chi connectivity index (χ4n) is 1.32. The van der Waals surface area contributed by atoms with E-state index in [1.165, 1.54) is 19.2 Å². The summed E-state index contributed by atoms with van der Waals surface area (Å²) in [5, 5.41) is 0.171. The molecule has 94 valence electrons. The Hall–Kier alpha value is -1.27. The van der Waals surface area contributed by atoms with E-state index in [1.807, 2.05) is 0 Å². The van der Waals surface area contributed by atoms with Gasteiger partial charge in [-0.15, -0.1) is 0 Å². The molecule has 0 saturated heterocycles. The monoisotopic (exact) mass is 277 g/mol. The smallest absolute Gasteiger partial charge is 0.340 e. The second-order valence-electron chi connectivity index (χ2n) is 3.59. The van der Waals surface area contributed by atoms with Crippen molar-refractivity contribution in [3.63, 3.8) is 0 Å². The SMILES string of the molecule is COC(=O)c1cc(Cl)c(CS(C)(=O)=O)cc1N. The summed E-state index contributed by atoms with van der Waals surface area (Å²) >= 11 is 5.88. The van der Waals surface area contributed by atoms with Gasteiger partial charge in [0.2, 0.25) is 0 Å². The molecule has 0 spiro atoms. The molecule has 0 saturated carbocycles. The quantitative estimate of drug-likeness (QED) is 0.664. The molecule has 0 radical (unpaired) electrons. The maximum atomic E-state index is 11.3. The Kier molecular flexibility index (Phi) is 4.00. The van der Waals surface area contributed by atoms with Crippen LogP contribution < -0.4 is 5.73 Å². The van der Waals surface area contributed by atoms with E-state index < -0.39 is 15.8 Å². The highest BCUT2D eigenvalue weighted by Crippen LogP contribution is 2.25. The van der Waals surface area contributed by atoms with Gasteiger partial charge < -0.3 is 10.5 Å². The molecule has 0 aliphatic carbocycles. The van der Waals surface area contributed by atoms with Gasteiger partial charge in [0.1, 0.15) is 0 Å². The predicted molar refractivity (Wildman–Crippen MR) is 65.8 cm³/mol. The zero-order chi connectivity index (χ0) is 13.2. The number of carbonyl (C=O) groups excluding carboxylic acids is 1. The van der Waals surface area contributed by atoms with Crippen molar-refractivity contribution >= 4 is 33.1 Å². The third kappa shape index (κ3) is 3.61. The molecule has 1 rings (SSSR count). The molecule has 0 aliphatic heterocycles. The van der Waals surface area contributed by atoms with Crippen LogP contribution in [0.5, 0.6) is 0 Å². The number of anilines is 1. The second kappa shape index (κ2) is 4.93. The van der Waals surface area contributed by atoms with Crippen LogP contribution in [0.3, 0.4) is 0 Å². The zero-order valence-corrected chi connectivity index (χ0v) is 10.9. The van der Waals surface area contributed by atoms with E-state index in [0.717, 1.165) is 6.26 Å². The maximum absolute atomic E-state index is 11.3. The highest BCUT2D eigenvalue weighted by atomic mass is 35.5. The van der Waals surface area contributed by atoms with Gasteiger partial charge in [0.25, 0.3) is 0 Å². The standard InChI is InChI=1S/C10H12ClNO4S/c1-16-10(13)7-4-8(11)6(3-9(7)12)5-17(2,14)15/h3-4H,5,12H2,1-2H3. The number of esters is 1. The number of methoxy groups -OCH3 is 1. The molecule has 17 heavy (non-hydrogen) atoms. The van der Waals surface area contributed by atoms with Gasteiger partial charge in [-0.05, 0) is 17.7 Å². The molecule has 2 N–H and O–H groups in total. The van der Waals surface area contributed by atoms with E-state index in [1.54, 1.807) is 0 Å². The normalized spacial score (nSPS) is 11.2. The Morgan fingerprint density at radius 2 is 2.06 bits per heavy atom. The van der Waals surface area contributed by atoms with Crippen LogP contribution in [0.4, 0.5) is 5.69 Å². The lowest BCUT2D eigenvalue weighted by Gasteiger charge is -2.08. The number of rotatable bonds is 3. The molecule has 0 unspecified atom stereocenters. The summed E-state index contributed by atoms with van der Waals surface area (Å²) in [6, 6.07) is 2.68. The summed E-state index contributed by atoms with van der Waals surface area (Å²) in [6.07, 6.45) is 1.09. The topological polar surface area (TPSA) is 86.5 Å². The van der Waals surface area contributed by atoms with Gasteiger partial charge in [0, 0.05) is 17.0 Å². The molecule has 1 aromatic rings. The average Bonchev–Trinajstić information content (AvgIpc) is 2.20. The van der Waals surface area contributed by atoms with Gasteiger partial charge in [0.15, 0.2) is 9.84 Å². The Morgan fingerprint density at radius 1 is 1.47 bits per heavy atom. The number of benzene rings is 1. The molecule has 0 fully saturated rings. The Labute approximate surface area is 104 Å². The first kappa shape index (κ1) is 13.8. The van der Waals surface area contributed by atoms with Gasteiger partial charge in [-0.25, -0.2) is 13.2 Å². The first-order chi connectivity index (χ1) is 7.74. The van der Waals surface area contributed by atoms with E-state index in [9.17, 15) is 13.2 Å². The second-order valence-corrected chi connectivity index (χ2v) is 6.14. The summed E-state index contributed by atoms with van der Waals surface area (Å²) in [5.41, 5.74) is 6.25. The van der Waals surface area contributed by atoms with Gasteiger partial charge in [-0.1, -0.05) is 11.6 Å². The lowest BCUT2D eigenvalue weighted by molar-refractivity contribution is 0.0602. The fraction of sp³-hybridized carbons (Fsp3) is 0.300. The highest BCUT2D eigenvalue weighted by molar-refractivity contribution is 7.89. The minimum absolute atomic E-state index is 0.120. The molecular formula is C10H12ClNO4S. The lowest BCUT2D eigenvalue weighted by atomic mass is 10.1. The van der Waals surface area contributed by atoms with Crippen molar-refractivity contribution in [1.82, 2.24) is 0 Å². The molecule has 0 bridgehead atoms. The minimum atomic E-state index is -3.21. The summed E-state index contributed by atoms with van der Waals surface area (Å²) in [7, 11) is -1.99. The molecule has 5 nitrogen and oxygen atoms in total. The number of nitrogen functional groups attached to an aromatic ring is 1. The Morgan fingerprint density at radius 3 is 2.53 bits per heavy atom. The van der Waals surface area contributed by atoms with Gasteiger partial charge in [-0.3, -0.25) is 0 Å². The van der Waals surface area contributed by atoms with Crippen molar-refractivity contribution in [2.24, 2.45) is 0 Å². The van der Waals surface area contributed by atoms with Crippen LogP contribution in [0.1, 0.15) is 15.9 Å². The molecule has 0 aliphatic rings. The number of hydrogen-bond acceptors (Lipinski definition) is 5. The van der Waals surface area contributed by atoms with E-state index in [0.29, 0.717) is 5.56 Å². The van der Waals surface area contributed by atoms with E-state index in [4.69, 9.17) is 17.3 Å². The summed E-state index contributed by atoms with van der Waals surface area (Å²) in [4.78, 5) is 11.3. The van der Waals surface area contributed by atoms with Crippen molar-refractivity contribution in [1.29, 1.82) is 0 Å². The van der Waals surface area contributed by atoms with Crippen LogP contribution in [0.15, 0.2) is 12.1 Å². The van der Waals surface area contributed by atoms with Crippen molar-refractivity contribution in [3.05, 3.63) is 28.3 Å². The largest absolute Gasteiger partial charge is 0.465 e. The molecular weight excluding hydrogens is 266 g/mol. The molecule has 7 heteroatoms. The number of hydrogen-bond donors (Lipinski definition) is 1. The first-order valence-electron chi connectivity index (χ1n) is 4.58. The highest BCUT2D eigenvalue weighted by Gasteiger charge is 2.15. The van der Waals surface area contributed by atoms with Crippen LogP contribution >= 0.6 is 11.6 Å². The summed E-state index contributed by atoms with van der Waals surface area (Å²) in [6.45, 7) is 0. The zero-order valence-electron chi connectivity index (χ0n) is 9.36. The third-order valence-corrected chi connectivity index (χ3v) is 3.23. The van der Waals surface area contributed by atoms with Gasteiger partial charge in [0.05, 0.1) is 18.4 Å². The van der Waals surface area contributed by atoms with Crippen LogP contribution in [0, 0.1) is 0 Å². The number of ether oxygens (including phenoxy) is 1. The summed E-state index contributed by atoms with van der Waals surface area (Å²) in [5.74, 6) is -0.840. The number of halogens is 1. The number of nitrogens with two attached hydrogens (primary N) is 1. The van der Waals surface area contributed by atoms with Crippen molar-refractivity contribution < 1.29 is 17.9 Å². The Balaban J connectivity index is 3.23. The van der Waals surface area contributed by atoms with Crippen LogP contribution in [-0.2, 0) is 20.3 Å². The molecule has 1 aromatic carbocycles. The average molecular weight is 278 g/mol. The van der Waals surface area contributed by atoms with Gasteiger partial charge in [-0.2, -0.15) is 0 Å². The van der Waals surface area contributed by atoms with Crippen LogP contribution in [0.2, 0.25) is 5.02 Å².